The summed E-state index contributed by atoms with van der Waals surface area (Å²) < 4.78 is 26.8. The van der Waals surface area contributed by atoms with Crippen LogP contribution in [0.4, 0.5) is 8.78 Å². The molecule has 2 nitrogen and oxygen atoms in total. The van der Waals surface area contributed by atoms with Crippen molar-refractivity contribution < 1.29 is 18.3 Å². The molecule has 0 radical (unpaired) electrons. The fourth-order valence-electron chi connectivity index (χ4n) is 0.227. The summed E-state index contributed by atoms with van der Waals surface area (Å²) in [6.07, 6.45) is -3.07. The van der Waals surface area contributed by atoms with E-state index in [2.05, 4.69) is 15.9 Å². The molecule has 0 N–H and O–H groups in total. The number of alkyl halides is 2. The van der Waals surface area contributed by atoms with E-state index in [0.29, 0.717) is 0 Å². The summed E-state index contributed by atoms with van der Waals surface area (Å²) in [5.41, 5.74) is 0. The van der Waals surface area contributed by atoms with E-state index in [1.54, 1.807) is 0 Å². The van der Waals surface area contributed by atoms with Crippen LogP contribution in [0.5, 0.6) is 0 Å². The quantitative estimate of drug-likeness (QED) is 0.441. The van der Waals surface area contributed by atoms with Gasteiger partial charge >= 0.3 is 12.4 Å². The highest BCUT2D eigenvalue weighted by Crippen LogP contribution is 2.06. The third kappa shape index (κ3) is 6.37. The van der Waals surface area contributed by atoms with Crippen molar-refractivity contribution in [1.82, 2.24) is 0 Å². The van der Waals surface area contributed by atoms with Gasteiger partial charge in [-0.2, -0.15) is 8.78 Å². The Balaban J connectivity index is 3.47. The lowest BCUT2D eigenvalue weighted by Gasteiger charge is -1.96. The third-order valence-electron chi connectivity index (χ3n) is 0.576. The largest absolute Gasteiger partial charge is 0.448 e. The first-order valence-electron chi connectivity index (χ1n) is 2.38. The van der Waals surface area contributed by atoms with E-state index < -0.39 is 12.4 Å². The Morgan fingerprint density at radius 1 is 1.73 bits per heavy atom. The summed E-state index contributed by atoms with van der Waals surface area (Å²) in [6, 6.07) is 0. The van der Waals surface area contributed by atoms with Crippen molar-refractivity contribution in [1.29, 1.82) is 0 Å². The van der Waals surface area contributed by atoms with Crippen molar-refractivity contribution in [2.75, 3.05) is 6.61 Å². The lowest BCUT2D eigenvalue weighted by Crippen LogP contribution is -2.13. The molecule has 0 aromatic carbocycles. The van der Waals surface area contributed by atoms with Gasteiger partial charge < -0.3 is 4.74 Å². The first-order valence-corrected chi connectivity index (χ1v) is 5.74. The Morgan fingerprint density at radius 2 is 2.36 bits per heavy atom. The van der Waals surface area contributed by atoms with E-state index >= 15 is 0 Å². The first-order chi connectivity index (χ1) is 5.18. The highest BCUT2D eigenvalue weighted by molar-refractivity contribution is 14.2. The van der Waals surface area contributed by atoms with Crippen LogP contribution in [0.2, 0.25) is 0 Å². The molecule has 0 rings (SSSR count). The van der Waals surface area contributed by atoms with Crippen molar-refractivity contribution in [3.63, 3.8) is 0 Å². The molecule has 0 aromatic heterocycles. The zero-order valence-corrected chi connectivity index (χ0v) is 8.12. The molecule has 0 saturated carbocycles. The molecule has 0 saturated heterocycles. The summed E-state index contributed by atoms with van der Waals surface area (Å²) in [6.45, 7) is -0.279. The average molecular weight is 292 g/mol. The van der Waals surface area contributed by atoms with E-state index in [9.17, 15) is 13.6 Å². The third-order valence-corrected chi connectivity index (χ3v) is 1.46. The molecule has 0 unspecified atom stereocenters. The second-order valence-electron chi connectivity index (χ2n) is 1.26. The van der Waals surface area contributed by atoms with Crippen molar-refractivity contribution in [3.05, 3.63) is 0 Å². The summed E-state index contributed by atoms with van der Waals surface area (Å²) in [5.74, 6) is 0.820. The van der Waals surface area contributed by atoms with E-state index in [4.69, 9.17) is 0 Å². The second-order valence-corrected chi connectivity index (χ2v) is 2.94. The van der Waals surface area contributed by atoms with Crippen LogP contribution in [0.15, 0.2) is 0 Å². The van der Waals surface area contributed by atoms with Crippen molar-refractivity contribution in [2.45, 2.75) is 6.43 Å². The number of rotatable bonds is 2. The monoisotopic (exact) mass is 292 g/mol. The zero-order valence-electron chi connectivity index (χ0n) is 5.14. The molecule has 0 aromatic rings. The molecule has 0 aliphatic heterocycles. The number of ether oxygens (including phenoxy) is 1. The molecule has 0 aliphatic carbocycles. The van der Waals surface area contributed by atoms with Gasteiger partial charge in [0.25, 0.3) is 0 Å². The zero-order chi connectivity index (χ0) is 8.69. The van der Waals surface area contributed by atoms with Gasteiger partial charge in [-0.1, -0.05) is 0 Å². The Hall–Kier alpha value is -0.0300. The smallest absolute Gasteiger partial charge is 0.374 e. The maximum Gasteiger partial charge on any atom is 0.374 e. The highest BCUT2D eigenvalue weighted by atomic mass is 127. The topological polar surface area (TPSA) is 26.3 Å². The number of hydrogen-bond donors (Lipinski definition) is 0. The van der Waals surface area contributed by atoms with Crippen LogP contribution in [-0.4, -0.2) is 19.0 Å². The van der Waals surface area contributed by atoms with Gasteiger partial charge in [-0.3, -0.25) is 0 Å². The predicted molar refractivity (Wildman–Crippen MR) is 46.4 cm³/mol. The molecule has 0 atom stereocenters. The highest BCUT2D eigenvalue weighted by Gasteiger charge is 2.15. The Bertz CT molecular complexity index is 187. The summed E-state index contributed by atoms with van der Waals surface area (Å²) in [4.78, 5) is 10.1. The molecule has 0 heterocycles. The fourth-order valence-corrected chi connectivity index (χ4v) is 0.808. The molecule has 62 valence electrons. The van der Waals surface area contributed by atoms with Crippen LogP contribution in [0.1, 0.15) is 0 Å². The molecule has 0 spiro atoms. The van der Waals surface area contributed by atoms with Gasteiger partial charge in [0, 0.05) is 21.2 Å². The Labute approximate surface area is 78.6 Å². The van der Waals surface area contributed by atoms with Gasteiger partial charge in [0.05, 0.1) is 0 Å². The van der Waals surface area contributed by atoms with Gasteiger partial charge in [0.15, 0.2) is 6.61 Å². The summed E-state index contributed by atoms with van der Waals surface area (Å²) in [7, 11) is 1.19. The molecule has 11 heavy (non-hydrogen) atoms. The maximum atomic E-state index is 11.4. The van der Waals surface area contributed by atoms with Gasteiger partial charge in [0.1, 0.15) is 0 Å². The SMILES string of the molecule is O=C(OCC#CSI)C(F)F. The van der Waals surface area contributed by atoms with Crippen LogP contribution in [0, 0.1) is 11.2 Å². The fraction of sp³-hybridized carbons (Fsp3) is 0.400. The number of esters is 1. The molecule has 0 fully saturated rings. The molecular weight excluding hydrogens is 289 g/mol. The minimum atomic E-state index is -3.07. The minimum absolute atomic E-state index is 0.279. The van der Waals surface area contributed by atoms with Crippen LogP contribution in [0.25, 0.3) is 0 Å². The predicted octanol–water partition coefficient (Wildman–Crippen LogP) is 1.84. The van der Waals surface area contributed by atoms with Crippen molar-refractivity contribution in [3.8, 4) is 11.2 Å². The van der Waals surface area contributed by atoms with Gasteiger partial charge in [0.2, 0.25) is 0 Å². The van der Waals surface area contributed by atoms with E-state index in [1.807, 2.05) is 21.2 Å². The Kier molecular flexibility index (Phi) is 6.65. The number of carbonyl (C=O) groups excluding carboxylic acids is 1. The van der Waals surface area contributed by atoms with E-state index in [-0.39, 0.29) is 6.61 Å². The standard InChI is InChI=1S/C5H3F2IO2S/c6-4(7)5(9)10-2-1-3-11-8/h4H,2H2. The van der Waals surface area contributed by atoms with E-state index in [0.717, 1.165) is 0 Å². The van der Waals surface area contributed by atoms with E-state index in [1.165, 1.54) is 8.93 Å². The van der Waals surface area contributed by atoms with Gasteiger partial charge in [-0.15, -0.1) is 0 Å². The maximum absolute atomic E-state index is 11.4. The number of hydrogen-bond acceptors (Lipinski definition) is 3. The molecular formula is C5H3F2IO2S. The second kappa shape index (κ2) is 6.67. The molecule has 6 heteroatoms. The molecule has 0 aliphatic rings. The van der Waals surface area contributed by atoms with Gasteiger partial charge in [-0.25, -0.2) is 4.79 Å². The number of carbonyl (C=O) groups is 1. The first kappa shape index (κ1) is 11.0. The van der Waals surface area contributed by atoms with Crippen molar-refractivity contribution in [2.24, 2.45) is 0 Å². The van der Waals surface area contributed by atoms with Crippen LogP contribution >= 0.6 is 30.1 Å². The molecule has 0 bridgehead atoms. The lowest BCUT2D eigenvalue weighted by molar-refractivity contribution is -0.154. The van der Waals surface area contributed by atoms with Gasteiger partial charge in [-0.05, 0) is 20.1 Å². The number of halogens is 3. The van der Waals surface area contributed by atoms with Crippen LogP contribution in [-0.2, 0) is 9.53 Å². The molecule has 0 amide bonds. The van der Waals surface area contributed by atoms with Crippen molar-refractivity contribution >= 4 is 36.1 Å². The summed E-state index contributed by atoms with van der Waals surface area (Å²) >= 11 is 1.91. The van der Waals surface area contributed by atoms with Crippen LogP contribution in [0.3, 0.4) is 0 Å². The Morgan fingerprint density at radius 3 is 2.82 bits per heavy atom. The minimum Gasteiger partial charge on any atom is -0.448 e. The normalized spacial score (nSPS) is 8.73. The lowest BCUT2D eigenvalue weighted by atomic mass is 10.7. The average Bonchev–Trinajstić information content (AvgIpc) is 1.97. The van der Waals surface area contributed by atoms with Crippen LogP contribution < -0.4 is 0 Å². The summed E-state index contributed by atoms with van der Waals surface area (Å²) in [5, 5.41) is 2.47.